The number of hydrogen-bond donors (Lipinski definition) is 1. The molecule has 5 heteroatoms. The Labute approximate surface area is 129 Å². The van der Waals surface area contributed by atoms with E-state index in [1.54, 1.807) is 4.68 Å². The van der Waals surface area contributed by atoms with Gasteiger partial charge in [0.15, 0.2) is 0 Å². The van der Waals surface area contributed by atoms with Crippen molar-refractivity contribution < 1.29 is 9.90 Å². The Morgan fingerprint density at radius 3 is 2.36 bits per heavy atom. The number of rotatable bonds is 2. The summed E-state index contributed by atoms with van der Waals surface area (Å²) in [6, 6.07) is 10.2. The number of hydrogen-bond acceptors (Lipinski definition) is 2. The summed E-state index contributed by atoms with van der Waals surface area (Å²) in [4.78, 5) is 12.6. The van der Waals surface area contributed by atoms with Gasteiger partial charge in [-0.25, -0.2) is 4.79 Å². The van der Waals surface area contributed by atoms with Crippen molar-refractivity contribution >= 4 is 11.7 Å². The number of nitrogens with zero attached hydrogens (tertiary/aromatic N) is 3. The maximum absolute atomic E-state index is 11.1. The standard InChI is InChI=1S/C17H19N3O2/c1-19-12-15(11-18-19)16(13-5-3-2-4-6-13)14-7-9-20(10-8-14)17(21)22/h2-6,11-12H,7-10H2,1H3,(H,21,22). The third-order valence-electron chi connectivity index (χ3n) is 4.05. The molecular weight excluding hydrogens is 278 g/mol. The number of aryl methyl sites for hydroxylation is 1. The normalized spacial score (nSPS) is 15.0. The predicted octanol–water partition coefficient (Wildman–Crippen LogP) is 3.00. The van der Waals surface area contributed by atoms with Crippen LogP contribution in [0.3, 0.4) is 0 Å². The lowest BCUT2D eigenvalue weighted by atomic mass is 9.90. The van der Waals surface area contributed by atoms with Crippen molar-refractivity contribution in [2.75, 3.05) is 13.1 Å². The van der Waals surface area contributed by atoms with Gasteiger partial charge in [0.25, 0.3) is 0 Å². The molecule has 1 aromatic carbocycles. The van der Waals surface area contributed by atoms with E-state index in [4.69, 9.17) is 5.11 Å². The highest BCUT2D eigenvalue weighted by atomic mass is 16.4. The first-order valence-electron chi connectivity index (χ1n) is 7.39. The fraction of sp³-hybridized carbons (Fsp3) is 0.294. The van der Waals surface area contributed by atoms with Gasteiger partial charge in [-0.3, -0.25) is 4.68 Å². The minimum absolute atomic E-state index is 0.557. The minimum Gasteiger partial charge on any atom is -0.465 e. The molecule has 1 aromatic heterocycles. The molecule has 1 aliphatic heterocycles. The zero-order chi connectivity index (χ0) is 15.5. The summed E-state index contributed by atoms with van der Waals surface area (Å²) in [6.45, 7) is 1.11. The second kappa shape index (κ2) is 6.05. The Hall–Kier alpha value is -2.56. The molecule has 0 radical (unpaired) electrons. The largest absolute Gasteiger partial charge is 0.465 e. The molecule has 114 valence electrons. The van der Waals surface area contributed by atoms with Gasteiger partial charge < -0.3 is 10.0 Å². The van der Waals surface area contributed by atoms with Gasteiger partial charge in [0, 0.05) is 31.9 Å². The zero-order valence-corrected chi connectivity index (χ0v) is 12.6. The molecule has 0 bridgehead atoms. The Morgan fingerprint density at radius 2 is 1.82 bits per heavy atom. The fourth-order valence-electron chi connectivity index (χ4n) is 2.95. The lowest BCUT2D eigenvalue weighted by Gasteiger charge is -2.27. The highest BCUT2D eigenvalue weighted by Crippen LogP contribution is 2.32. The third-order valence-corrected chi connectivity index (χ3v) is 4.05. The molecule has 0 aliphatic carbocycles. The Balaban J connectivity index is 1.99. The first-order valence-corrected chi connectivity index (χ1v) is 7.39. The van der Waals surface area contributed by atoms with Crippen molar-refractivity contribution in [1.29, 1.82) is 0 Å². The molecule has 1 amide bonds. The molecule has 0 atom stereocenters. The molecular formula is C17H19N3O2. The van der Waals surface area contributed by atoms with Crippen molar-refractivity contribution in [3.8, 4) is 0 Å². The van der Waals surface area contributed by atoms with Crippen LogP contribution < -0.4 is 0 Å². The molecule has 0 spiro atoms. The Morgan fingerprint density at radius 1 is 1.14 bits per heavy atom. The van der Waals surface area contributed by atoms with Crippen molar-refractivity contribution in [3.05, 3.63) is 59.4 Å². The van der Waals surface area contributed by atoms with Gasteiger partial charge >= 0.3 is 6.09 Å². The van der Waals surface area contributed by atoms with Crippen LogP contribution in [0.1, 0.15) is 24.0 Å². The topological polar surface area (TPSA) is 58.4 Å². The molecule has 0 saturated carbocycles. The van der Waals surface area contributed by atoms with Crippen molar-refractivity contribution in [2.45, 2.75) is 12.8 Å². The number of likely N-dealkylation sites (tertiary alicyclic amines) is 1. The lowest BCUT2D eigenvalue weighted by molar-refractivity contribution is 0.142. The molecule has 2 heterocycles. The van der Waals surface area contributed by atoms with E-state index in [0.29, 0.717) is 13.1 Å². The van der Waals surface area contributed by atoms with Gasteiger partial charge in [0.05, 0.1) is 6.20 Å². The lowest BCUT2D eigenvalue weighted by Crippen LogP contribution is -2.35. The highest BCUT2D eigenvalue weighted by Gasteiger charge is 2.22. The molecule has 1 fully saturated rings. The van der Waals surface area contributed by atoms with Crippen LogP contribution in [-0.4, -0.2) is 39.0 Å². The Kier molecular flexibility index (Phi) is 3.96. The van der Waals surface area contributed by atoms with E-state index in [-0.39, 0.29) is 0 Å². The highest BCUT2D eigenvalue weighted by molar-refractivity contribution is 5.82. The number of piperidine rings is 1. The van der Waals surface area contributed by atoms with Crippen LogP contribution >= 0.6 is 0 Å². The molecule has 3 rings (SSSR count). The van der Waals surface area contributed by atoms with Crippen molar-refractivity contribution in [2.24, 2.45) is 7.05 Å². The van der Waals surface area contributed by atoms with Gasteiger partial charge in [0.2, 0.25) is 0 Å². The van der Waals surface area contributed by atoms with E-state index in [2.05, 4.69) is 17.2 Å². The SMILES string of the molecule is Cn1cc(C(=C2CCN(C(=O)O)CC2)c2ccccc2)cn1. The zero-order valence-electron chi connectivity index (χ0n) is 12.6. The van der Waals surface area contributed by atoms with Crippen LogP contribution in [0.25, 0.3) is 5.57 Å². The third kappa shape index (κ3) is 2.88. The summed E-state index contributed by atoms with van der Waals surface area (Å²) in [5, 5.41) is 13.4. The number of carbonyl (C=O) groups is 1. The summed E-state index contributed by atoms with van der Waals surface area (Å²) in [5.74, 6) is 0. The molecule has 0 unspecified atom stereocenters. The summed E-state index contributed by atoms with van der Waals surface area (Å²) < 4.78 is 1.80. The minimum atomic E-state index is -0.832. The molecule has 2 aromatic rings. The van der Waals surface area contributed by atoms with E-state index >= 15 is 0 Å². The number of aromatic nitrogens is 2. The molecule has 1 aliphatic rings. The van der Waals surface area contributed by atoms with Gasteiger partial charge in [-0.05, 0) is 24.0 Å². The van der Waals surface area contributed by atoms with Crippen LogP contribution in [0.15, 0.2) is 48.3 Å². The number of amides is 1. The molecule has 1 saturated heterocycles. The quantitative estimate of drug-likeness (QED) is 0.927. The second-order valence-corrected chi connectivity index (χ2v) is 5.52. The van der Waals surface area contributed by atoms with Crippen LogP contribution in [-0.2, 0) is 7.05 Å². The van der Waals surface area contributed by atoms with E-state index in [9.17, 15) is 4.79 Å². The fourth-order valence-corrected chi connectivity index (χ4v) is 2.95. The number of benzene rings is 1. The van der Waals surface area contributed by atoms with Crippen LogP contribution in [0.5, 0.6) is 0 Å². The molecule has 1 N–H and O–H groups in total. The smallest absolute Gasteiger partial charge is 0.407 e. The first kappa shape index (κ1) is 14.4. The maximum Gasteiger partial charge on any atom is 0.407 e. The summed E-state index contributed by atoms with van der Waals surface area (Å²) >= 11 is 0. The van der Waals surface area contributed by atoms with Crippen LogP contribution in [0, 0.1) is 0 Å². The first-order chi connectivity index (χ1) is 10.6. The van der Waals surface area contributed by atoms with Gasteiger partial charge in [-0.15, -0.1) is 0 Å². The average molecular weight is 297 g/mol. The molecule has 22 heavy (non-hydrogen) atoms. The van der Waals surface area contributed by atoms with Crippen LogP contribution in [0.4, 0.5) is 4.79 Å². The van der Waals surface area contributed by atoms with Gasteiger partial charge in [0.1, 0.15) is 0 Å². The summed E-state index contributed by atoms with van der Waals surface area (Å²) in [5.41, 5.74) is 4.75. The Bertz CT molecular complexity index is 694. The van der Waals surface area contributed by atoms with E-state index in [0.717, 1.165) is 24.0 Å². The summed E-state index contributed by atoms with van der Waals surface area (Å²) in [6.07, 6.45) is 4.59. The maximum atomic E-state index is 11.1. The van der Waals surface area contributed by atoms with E-state index in [1.165, 1.54) is 16.0 Å². The van der Waals surface area contributed by atoms with E-state index < -0.39 is 6.09 Å². The van der Waals surface area contributed by atoms with E-state index in [1.807, 2.05) is 37.6 Å². The van der Waals surface area contributed by atoms with Crippen LogP contribution in [0.2, 0.25) is 0 Å². The molecule has 5 nitrogen and oxygen atoms in total. The average Bonchev–Trinajstić information content (AvgIpc) is 2.95. The summed E-state index contributed by atoms with van der Waals surface area (Å²) in [7, 11) is 1.91. The second-order valence-electron chi connectivity index (χ2n) is 5.52. The van der Waals surface area contributed by atoms with Crippen molar-refractivity contribution in [3.63, 3.8) is 0 Å². The van der Waals surface area contributed by atoms with Crippen molar-refractivity contribution in [1.82, 2.24) is 14.7 Å². The number of carboxylic acid groups (broad SMARTS) is 1. The van der Waals surface area contributed by atoms with Gasteiger partial charge in [-0.2, -0.15) is 5.10 Å². The van der Waals surface area contributed by atoms with Gasteiger partial charge in [-0.1, -0.05) is 35.9 Å². The monoisotopic (exact) mass is 297 g/mol. The predicted molar refractivity (Wildman–Crippen MR) is 84.5 cm³/mol.